The zero-order valence-corrected chi connectivity index (χ0v) is 13.1. The SMILES string of the molecule is CCCCCC1CCCN1S(=O)(=O)Cc1ccccc1. The summed E-state index contributed by atoms with van der Waals surface area (Å²) < 4.78 is 26.9. The van der Waals surface area contributed by atoms with Crippen LogP contribution in [0.15, 0.2) is 30.3 Å². The molecule has 0 aromatic heterocycles. The Balaban J connectivity index is 2.00. The van der Waals surface area contributed by atoms with Crippen molar-refractivity contribution >= 4 is 10.0 Å². The van der Waals surface area contributed by atoms with Crippen LogP contribution in [0.2, 0.25) is 0 Å². The molecule has 1 heterocycles. The summed E-state index contributed by atoms with van der Waals surface area (Å²) in [4.78, 5) is 0. The van der Waals surface area contributed by atoms with Crippen molar-refractivity contribution in [2.45, 2.75) is 57.2 Å². The molecule has 0 amide bonds. The van der Waals surface area contributed by atoms with Crippen LogP contribution < -0.4 is 0 Å². The van der Waals surface area contributed by atoms with E-state index in [1.54, 1.807) is 4.31 Å². The molecular weight excluding hydrogens is 270 g/mol. The summed E-state index contributed by atoms with van der Waals surface area (Å²) in [6.07, 6.45) is 6.56. The van der Waals surface area contributed by atoms with E-state index in [0.29, 0.717) is 6.54 Å². The molecule has 1 aromatic carbocycles. The summed E-state index contributed by atoms with van der Waals surface area (Å²) in [5, 5.41) is 0. The van der Waals surface area contributed by atoms with E-state index >= 15 is 0 Å². The Morgan fingerprint density at radius 3 is 2.65 bits per heavy atom. The highest BCUT2D eigenvalue weighted by atomic mass is 32.2. The molecule has 4 heteroatoms. The molecule has 1 aliphatic rings. The Labute approximate surface area is 123 Å². The summed E-state index contributed by atoms with van der Waals surface area (Å²) >= 11 is 0. The molecule has 0 N–H and O–H groups in total. The van der Waals surface area contributed by atoms with Crippen LogP contribution in [-0.2, 0) is 15.8 Å². The third-order valence-corrected chi connectivity index (χ3v) is 5.91. The molecule has 20 heavy (non-hydrogen) atoms. The van der Waals surface area contributed by atoms with Gasteiger partial charge in [0.2, 0.25) is 10.0 Å². The van der Waals surface area contributed by atoms with Gasteiger partial charge in [-0.05, 0) is 24.8 Å². The number of hydrogen-bond donors (Lipinski definition) is 0. The smallest absolute Gasteiger partial charge is 0.212 e. The van der Waals surface area contributed by atoms with E-state index < -0.39 is 10.0 Å². The Kier molecular flexibility index (Phi) is 5.61. The summed E-state index contributed by atoms with van der Waals surface area (Å²) in [7, 11) is -3.17. The van der Waals surface area contributed by atoms with Crippen LogP contribution in [0.25, 0.3) is 0 Å². The van der Waals surface area contributed by atoms with Gasteiger partial charge in [-0.1, -0.05) is 56.5 Å². The van der Waals surface area contributed by atoms with E-state index in [2.05, 4.69) is 6.92 Å². The van der Waals surface area contributed by atoms with Crippen molar-refractivity contribution in [1.29, 1.82) is 0 Å². The van der Waals surface area contributed by atoms with Gasteiger partial charge in [-0.2, -0.15) is 4.31 Å². The van der Waals surface area contributed by atoms with Crippen LogP contribution in [0.3, 0.4) is 0 Å². The quantitative estimate of drug-likeness (QED) is 0.721. The lowest BCUT2D eigenvalue weighted by Gasteiger charge is -2.24. The lowest BCUT2D eigenvalue weighted by Crippen LogP contribution is -2.36. The predicted octanol–water partition coefficient (Wildman–Crippen LogP) is 3.56. The van der Waals surface area contributed by atoms with Gasteiger partial charge in [0.1, 0.15) is 0 Å². The maximum Gasteiger partial charge on any atom is 0.218 e. The van der Waals surface area contributed by atoms with E-state index in [0.717, 1.165) is 31.2 Å². The van der Waals surface area contributed by atoms with E-state index in [1.165, 1.54) is 12.8 Å². The molecular formula is C16H25NO2S. The second-order valence-electron chi connectivity index (χ2n) is 5.64. The summed E-state index contributed by atoms with van der Waals surface area (Å²) in [5.41, 5.74) is 0.881. The van der Waals surface area contributed by atoms with Gasteiger partial charge in [0.15, 0.2) is 0 Å². The molecule has 1 unspecified atom stereocenters. The maximum absolute atomic E-state index is 12.6. The Morgan fingerprint density at radius 1 is 1.20 bits per heavy atom. The largest absolute Gasteiger partial charge is 0.218 e. The zero-order valence-electron chi connectivity index (χ0n) is 12.3. The van der Waals surface area contributed by atoms with Crippen molar-refractivity contribution in [1.82, 2.24) is 4.31 Å². The first-order valence-corrected chi connectivity index (χ1v) is 9.28. The molecule has 1 atom stereocenters. The van der Waals surface area contributed by atoms with Crippen molar-refractivity contribution in [3.05, 3.63) is 35.9 Å². The molecule has 2 rings (SSSR count). The first-order chi connectivity index (χ1) is 9.63. The van der Waals surface area contributed by atoms with Gasteiger partial charge in [0.25, 0.3) is 0 Å². The molecule has 3 nitrogen and oxygen atoms in total. The van der Waals surface area contributed by atoms with Crippen LogP contribution in [0.4, 0.5) is 0 Å². The highest BCUT2D eigenvalue weighted by Crippen LogP contribution is 2.27. The van der Waals surface area contributed by atoms with Gasteiger partial charge in [0, 0.05) is 12.6 Å². The first kappa shape index (κ1) is 15.5. The minimum Gasteiger partial charge on any atom is -0.212 e. The third kappa shape index (κ3) is 4.06. The van der Waals surface area contributed by atoms with Gasteiger partial charge in [-0.15, -0.1) is 0 Å². The fourth-order valence-electron chi connectivity index (χ4n) is 2.96. The molecule has 0 spiro atoms. The molecule has 1 saturated heterocycles. The summed E-state index contributed by atoms with van der Waals surface area (Å²) in [6, 6.07) is 9.72. The second kappa shape index (κ2) is 7.23. The van der Waals surface area contributed by atoms with Crippen molar-refractivity contribution in [3.63, 3.8) is 0 Å². The van der Waals surface area contributed by atoms with Crippen molar-refractivity contribution in [3.8, 4) is 0 Å². The fourth-order valence-corrected chi connectivity index (χ4v) is 4.81. The highest BCUT2D eigenvalue weighted by molar-refractivity contribution is 7.88. The predicted molar refractivity (Wildman–Crippen MR) is 82.9 cm³/mol. The van der Waals surface area contributed by atoms with E-state index in [-0.39, 0.29) is 11.8 Å². The van der Waals surface area contributed by atoms with Gasteiger partial charge < -0.3 is 0 Å². The van der Waals surface area contributed by atoms with Gasteiger partial charge >= 0.3 is 0 Å². The summed E-state index contributed by atoms with van der Waals surface area (Å²) in [6.45, 7) is 2.88. The standard InChI is InChI=1S/C16H25NO2S/c1-2-3-5-11-16-12-8-13-17(16)20(18,19)14-15-9-6-4-7-10-15/h4,6-7,9-10,16H,2-3,5,8,11-14H2,1H3. The molecule has 0 bridgehead atoms. The average Bonchev–Trinajstić information content (AvgIpc) is 2.89. The highest BCUT2D eigenvalue weighted by Gasteiger charge is 2.33. The first-order valence-electron chi connectivity index (χ1n) is 7.67. The Morgan fingerprint density at radius 2 is 1.95 bits per heavy atom. The number of hydrogen-bond acceptors (Lipinski definition) is 2. The van der Waals surface area contributed by atoms with E-state index in [4.69, 9.17) is 0 Å². The minimum absolute atomic E-state index is 0.137. The third-order valence-electron chi connectivity index (χ3n) is 4.01. The lowest BCUT2D eigenvalue weighted by atomic mass is 10.1. The van der Waals surface area contributed by atoms with Gasteiger partial charge in [0.05, 0.1) is 5.75 Å². The number of benzene rings is 1. The lowest BCUT2D eigenvalue weighted by molar-refractivity contribution is 0.360. The van der Waals surface area contributed by atoms with Crippen LogP contribution in [0, 0.1) is 0 Å². The van der Waals surface area contributed by atoms with Crippen LogP contribution >= 0.6 is 0 Å². The molecule has 1 aromatic rings. The molecule has 0 radical (unpaired) electrons. The average molecular weight is 295 g/mol. The topological polar surface area (TPSA) is 37.4 Å². The van der Waals surface area contributed by atoms with Crippen LogP contribution in [-0.4, -0.2) is 25.3 Å². The molecule has 1 fully saturated rings. The van der Waals surface area contributed by atoms with Crippen molar-refractivity contribution in [2.75, 3.05) is 6.54 Å². The minimum atomic E-state index is -3.17. The second-order valence-corrected chi connectivity index (χ2v) is 7.57. The number of rotatable bonds is 7. The van der Waals surface area contributed by atoms with E-state index in [1.807, 2.05) is 30.3 Å². The van der Waals surface area contributed by atoms with Gasteiger partial charge in [-0.3, -0.25) is 0 Å². The molecule has 1 aliphatic heterocycles. The van der Waals surface area contributed by atoms with Crippen molar-refractivity contribution < 1.29 is 8.42 Å². The molecule has 112 valence electrons. The number of unbranched alkanes of at least 4 members (excludes halogenated alkanes) is 2. The molecule has 0 aliphatic carbocycles. The monoisotopic (exact) mass is 295 g/mol. The Hall–Kier alpha value is -0.870. The van der Waals surface area contributed by atoms with E-state index in [9.17, 15) is 8.42 Å². The summed E-state index contributed by atoms with van der Waals surface area (Å²) in [5.74, 6) is 0.137. The van der Waals surface area contributed by atoms with Crippen LogP contribution in [0.5, 0.6) is 0 Å². The fraction of sp³-hybridized carbons (Fsp3) is 0.625. The Bertz CT molecular complexity index is 498. The number of sulfonamides is 1. The van der Waals surface area contributed by atoms with Crippen LogP contribution in [0.1, 0.15) is 51.0 Å². The van der Waals surface area contributed by atoms with Crippen molar-refractivity contribution in [2.24, 2.45) is 0 Å². The normalized spacial score (nSPS) is 20.4. The zero-order chi connectivity index (χ0) is 14.4. The number of nitrogens with zero attached hydrogens (tertiary/aromatic N) is 1. The molecule has 0 saturated carbocycles. The van der Waals surface area contributed by atoms with Gasteiger partial charge in [-0.25, -0.2) is 8.42 Å². The maximum atomic E-state index is 12.6.